The number of nitrogens with zero attached hydrogens (tertiary/aromatic N) is 4. The van der Waals surface area contributed by atoms with Gasteiger partial charge in [0.15, 0.2) is 0 Å². The van der Waals surface area contributed by atoms with E-state index in [0.717, 1.165) is 30.0 Å². The fourth-order valence-electron chi connectivity index (χ4n) is 4.96. The molecule has 0 radical (unpaired) electrons. The van der Waals surface area contributed by atoms with Crippen LogP contribution in [0.5, 0.6) is 5.75 Å². The van der Waals surface area contributed by atoms with Crippen molar-refractivity contribution in [1.29, 1.82) is 0 Å². The Morgan fingerprint density at radius 1 is 0.944 bits per heavy atom. The van der Waals surface area contributed by atoms with E-state index >= 15 is 0 Å². The maximum atomic E-state index is 13.9. The summed E-state index contributed by atoms with van der Waals surface area (Å²) in [6, 6.07) is 23.3. The summed E-state index contributed by atoms with van der Waals surface area (Å²) in [6.07, 6.45) is 1.71. The third kappa shape index (κ3) is 4.88. The van der Waals surface area contributed by atoms with Gasteiger partial charge in [0.25, 0.3) is 5.56 Å². The number of halogens is 1. The monoisotopic (exact) mass is 484 g/mol. The van der Waals surface area contributed by atoms with E-state index in [-0.39, 0.29) is 17.1 Å². The number of aromatic hydroxyl groups is 1. The fourth-order valence-corrected chi connectivity index (χ4v) is 4.96. The number of anilines is 1. The molecular weight excluding hydrogens is 455 g/mol. The van der Waals surface area contributed by atoms with Crippen molar-refractivity contribution in [1.82, 2.24) is 14.5 Å². The molecule has 2 aromatic carbocycles. The molecule has 3 heterocycles. The van der Waals surface area contributed by atoms with Gasteiger partial charge in [-0.3, -0.25) is 14.7 Å². The number of hydrogen-bond donors (Lipinski definition) is 1. The van der Waals surface area contributed by atoms with Crippen LogP contribution in [-0.4, -0.2) is 45.7 Å². The molecule has 6 nitrogen and oxygen atoms in total. The van der Waals surface area contributed by atoms with Crippen LogP contribution in [0.4, 0.5) is 10.1 Å². The van der Waals surface area contributed by atoms with Gasteiger partial charge < -0.3 is 14.6 Å². The van der Waals surface area contributed by atoms with Gasteiger partial charge in [0.05, 0.1) is 23.8 Å². The van der Waals surface area contributed by atoms with Crippen molar-refractivity contribution < 1.29 is 9.50 Å². The molecule has 1 fully saturated rings. The highest BCUT2D eigenvalue weighted by Crippen LogP contribution is 2.33. The minimum Gasteiger partial charge on any atom is -0.507 e. The summed E-state index contributed by atoms with van der Waals surface area (Å²) in [5.41, 5.74) is 3.55. The topological polar surface area (TPSA) is 61.6 Å². The molecule has 0 unspecified atom stereocenters. The summed E-state index contributed by atoms with van der Waals surface area (Å²) in [6.45, 7) is 4.98. The van der Waals surface area contributed by atoms with Crippen LogP contribution < -0.4 is 10.5 Å². The van der Waals surface area contributed by atoms with Crippen molar-refractivity contribution in [3.63, 3.8) is 0 Å². The number of rotatable bonds is 6. The van der Waals surface area contributed by atoms with Crippen LogP contribution in [0.3, 0.4) is 0 Å². The normalized spacial score (nSPS) is 15.1. The number of pyridine rings is 2. The Morgan fingerprint density at radius 3 is 2.31 bits per heavy atom. The first kappa shape index (κ1) is 23.8. The van der Waals surface area contributed by atoms with Crippen LogP contribution in [0.2, 0.25) is 0 Å². The number of benzene rings is 2. The zero-order valence-corrected chi connectivity index (χ0v) is 20.2. The Hall–Kier alpha value is -3.97. The molecule has 7 heteroatoms. The smallest absolute Gasteiger partial charge is 0.260 e. The van der Waals surface area contributed by atoms with Crippen LogP contribution in [0.1, 0.15) is 28.6 Å². The van der Waals surface area contributed by atoms with E-state index in [9.17, 15) is 14.3 Å². The maximum absolute atomic E-state index is 13.9. The largest absolute Gasteiger partial charge is 0.507 e. The molecule has 0 saturated carbocycles. The van der Waals surface area contributed by atoms with Gasteiger partial charge in [0.2, 0.25) is 0 Å². The predicted octanol–water partition coefficient (Wildman–Crippen LogP) is 4.36. The molecule has 1 saturated heterocycles. The Kier molecular flexibility index (Phi) is 6.82. The molecule has 1 aliphatic heterocycles. The van der Waals surface area contributed by atoms with Gasteiger partial charge >= 0.3 is 0 Å². The molecule has 0 bridgehead atoms. The SMILES string of the molecule is Cc1cc(O)c([C@@H](c2ccccc2)N2CCN(c3ccc(F)cc3)CC2)c(=O)n1Cc1ccccn1. The number of aryl methyl sites for hydroxylation is 1. The second-order valence-corrected chi connectivity index (χ2v) is 9.11. The van der Waals surface area contributed by atoms with Crippen LogP contribution in [0.25, 0.3) is 0 Å². The van der Waals surface area contributed by atoms with Crippen LogP contribution in [0.15, 0.2) is 89.9 Å². The van der Waals surface area contributed by atoms with Gasteiger partial charge in [-0.1, -0.05) is 36.4 Å². The molecular formula is C29H29FN4O2. The summed E-state index contributed by atoms with van der Waals surface area (Å²) in [5, 5.41) is 11.1. The van der Waals surface area contributed by atoms with Crippen LogP contribution in [0, 0.1) is 12.7 Å². The minimum absolute atomic E-state index is 0.00425. The van der Waals surface area contributed by atoms with Crippen molar-refractivity contribution in [3.05, 3.63) is 124 Å². The Balaban J connectivity index is 1.50. The standard InChI is InChI=1S/C29H29FN4O2/c1-21-19-26(35)27(29(36)34(21)20-24-9-5-6-14-31-24)28(22-7-3-2-4-8-22)33-17-15-32(16-18-33)25-12-10-23(30)11-13-25/h2-14,19,28,35H,15-18,20H2,1H3/t28-/m1/s1. The zero-order valence-electron chi connectivity index (χ0n) is 20.2. The lowest BCUT2D eigenvalue weighted by Gasteiger charge is -2.40. The van der Waals surface area contributed by atoms with E-state index < -0.39 is 6.04 Å². The number of hydrogen-bond acceptors (Lipinski definition) is 5. The molecule has 0 amide bonds. The highest BCUT2D eigenvalue weighted by molar-refractivity contribution is 5.47. The van der Waals surface area contributed by atoms with Crippen molar-refractivity contribution in [2.45, 2.75) is 19.5 Å². The predicted molar refractivity (Wildman–Crippen MR) is 139 cm³/mol. The van der Waals surface area contributed by atoms with Crippen molar-refractivity contribution in [2.75, 3.05) is 31.1 Å². The molecule has 184 valence electrons. The van der Waals surface area contributed by atoms with Crippen molar-refractivity contribution in [3.8, 4) is 5.75 Å². The van der Waals surface area contributed by atoms with Gasteiger partial charge in [-0.05, 0) is 55.0 Å². The molecule has 1 N–H and O–H groups in total. The summed E-state index contributed by atoms with van der Waals surface area (Å²) in [4.78, 5) is 22.7. The highest BCUT2D eigenvalue weighted by atomic mass is 19.1. The molecule has 2 aromatic heterocycles. The molecule has 1 atom stereocenters. The van der Waals surface area contributed by atoms with Gasteiger partial charge in [0, 0.05) is 43.8 Å². The van der Waals surface area contributed by atoms with E-state index in [4.69, 9.17) is 0 Å². The van der Waals surface area contributed by atoms with Gasteiger partial charge in [-0.15, -0.1) is 0 Å². The first-order chi connectivity index (χ1) is 17.5. The lowest BCUT2D eigenvalue weighted by molar-refractivity contribution is 0.207. The van der Waals surface area contributed by atoms with E-state index in [2.05, 4.69) is 14.8 Å². The summed E-state index contributed by atoms with van der Waals surface area (Å²) in [7, 11) is 0. The molecule has 1 aliphatic rings. The Labute approximate surface area is 209 Å². The Bertz CT molecular complexity index is 1370. The first-order valence-electron chi connectivity index (χ1n) is 12.1. The van der Waals surface area contributed by atoms with Gasteiger partial charge in [0.1, 0.15) is 11.6 Å². The highest BCUT2D eigenvalue weighted by Gasteiger charge is 2.31. The number of aromatic nitrogens is 2. The molecule has 5 rings (SSSR count). The van der Waals surface area contributed by atoms with Crippen molar-refractivity contribution >= 4 is 5.69 Å². The average molecular weight is 485 g/mol. The zero-order chi connectivity index (χ0) is 25.1. The van der Waals surface area contributed by atoms with Gasteiger partial charge in [-0.25, -0.2) is 4.39 Å². The molecule has 36 heavy (non-hydrogen) atoms. The average Bonchev–Trinajstić information content (AvgIpc) is 2.91. The molecule has 0 spiro atoms. The second kappa shape index (κ2) is 10.3. The Morgan fingerprint density at radius 2 is 1.64 bits per heavy atom. The van der Waals surface area contributed by atoms with E-state index in [1.165, 1.54) is 12.1 Å². The summed E-state index contributed by atoms with van der Waals surface area (Å²) in [5.74, 6) is -0.247. The summed E-state index contributed by atoms with van der Waals surface area (Å²) < 4.78 is 15.1. The van der Waals surface area contributed by atoms with Crippen LogP contribution in [-0.2, 0) is 6.54 Å². The third-order valence-electron chi connectivity index (χ3n) is 6.83. The van der Waals surface area contributed by atoms with E-state index in [1.54, 1.807) is 29.0 Å². The first-order valence-corrected chi connectivity index (χ1v) is 12.1. The van der Waals surface area contributed by atoms with E-state index in [0.29, 0.717) is 30.9 Å². The molecule has 0 aliphatic carbocycles. The second-order valence-electron chi connectivity index (χ2n) is 9.11. The fraction of sp³-hybridized carbons (Fsp3) is 0.241. The lowest BCUT2D eigenvalue weighted by atomic mass is 9.96. The van der Waals surface area contributed by atoms with Gasteiger partial charge in [-0.2, -0.15) is 0 Å². The third-order valence-corrected chi connectivity index (χ3v) is 6.83. The summed E-state index contributed by atoms with van der Waals surface area (Å²) >= 11 is 0. The van der Waals surface area contributed by atoms with Crippen molar-refractivity contribution in [2.24, 2.45) is 0 Å². The quantitative estimate of drug-likeness (QED) is 0.441. The molecule has 4 aromatic rings. The lowest BCUT2D eigenvalue weighted by Crippen LogP contribution is -2.49. The minimum atomic E-state index is -0.398. The van der Waals surface area contributed by atoms with Crippen LogP contribution >= 0.6 is 0 Å². The van der Waals surface area contributed by atoms with E-state index in [1.807, 2.05) is 55.5 Å². The number of piperazine rings is 1. The maximum Gasteiger partial charge on any atom is 0.260 e.